The largest absolute Gasteiger partial charge is 0.494 e. The second-order valence-electron chi connectivity index (χ2n) is 7.76. The molecule has 1 spiro atoms. The number of aromatic nitrogens is 1. The lowest BCUT2D eigenvalue weighted by molar-refractivity contribution is -0.136. The van der Waals surface area contributed by atoms with Crippen LogP contribution < -0.4 is 4.74 Å². The van der Waals surface area contributed by atoms with Crippen molar-refractivity contribution in [1.82, 2.24) is 14.8 Å². The van der Waals surface area contributed by atoms with Gasteiger partial charge in [0.15, 0.2) is 0 Å². The molecular formula is C22H26FN3O2. The summed E-state index contributed by atoms with van der Waals surface area (Å²) >= 11 is 0. The van der Waals surface area contributed by atoms with Crippen LogP contribution in [0.15, 0.2) is 48.7 Å². The van der Waals surface area contributed by atoms with E-state index in [0.29, 0.717) is 18.9 Å². The van der Waals surface area contributed by atoms with Crippen molar-refractivity contribution in [2.75, 3.05) is 32.8 Å². The van der Waals surface area contributed by atoms with Crippen molar-refractivity contribution in [1.29, 1.82) is 0 Å². The van der Waals surface area contributed by atoms with Gasteiger partial charge in [0.1, 0.15) is 11.6 Å². The minimum absolute atomic E-state index is 0.216. The van der Waals surface area contributed by atoms with Gasteiger partial charge in [0.2, 0.25) is 5.91 Å². The summed E-state index contributed by atoms with van der Waals surface area (Å²) in [7, 11) is 0. The number of hydrogen-bond donors (Lipinski definition) is 0. The Morgan fingerprint density at radius 2 is 1.93 bits per heavy atom. The number of amides is 1. The van der Waals surface area contributed by atoms with Gasteiger partial charge in [-0.05, 0) is 62.2 Å². The average molecular weight is 383 g/mol. The Morgan fingerprint density at radius 3 is 2.71 bits per heavy atom. The van der Waals surface area contributed by atoms with E-state index in [0.717, 1.165) is 51.1 Å². The lowest BCUT2D eigenvalue weighted by Crippen LogP contribution is -2.37. The number of ether oxygens (including phenoxy) is 1. The quantitative estimate of drug-likeness (QED) is 0.690. The van der Waals surface area contributed by atoms with Gasteiger partial charge in [-0.25, -0.2) is 4.39 Å². The first-order valence-electron chi connectivity index (χ1n) is 9.95. The molecule has 1 aromatic carbocycles. The minimum atomic E-state index is -0.256. The molecule has 6 heteroatoms. The van der Waals surface area contributed by atoms with E-state index >= 15 is 0 Å². The van der Waals surface area contributed by atoms with Crippen LogP contribution in [-0.4, -0.2) is 53.5 Å². The van der Waals surface area contributed by atoms with E-state index in [4.69, 9.17) is 4.74 Å². The maximum atomic E-state index is 13.0. The molecule has 1 atom stereocenters. The molecule has 2 aromatic rings. The third-order valence-corrected chi connectivity index (χ3v) is 5.81. The molecule has 0 radical (unpaired) electrons. The number of halogens is 1. The number of nitrogens with zero attached hydrogens (tertiary/aromatic N) is 3. The Hall–Kier alpha value is -2.47. The van der Waals surface area contributed by atoms with Crippen LogP contribution in [-0.2, 0) is 11.3 Å². The smallest absolute Gasteiger partial charge is 0.230 e. The standard InChI is InChI=1S/C22H26FN3O2/c23-18-5-7-20(8-6-18)28-15-3-12-25-13-9-22(17-25)10-14-26(21(22)27)16-19-4-1-2-11-24-19/h1-2,4-8,11H,3,9-10,12-17H2. The van der Waals surface area contributed by atoms with Crippen LogP contribution in [0.2, 0.25) is 0 Å². The average Bonchev–Trinajstić information content (AvgIpc) is 3.27. The third-order valence-electron chi connectivity index (χ3n) is 5.81. The zero-order chi connectivity index (χ0) is 19.4. The summed E-state index contributed by atoms with van der Waals surface area (Å²) in [5.74, 6) is 0.715. The number of pyridine rings is 1. The molecule has 3 heterocycles. The van der Waals surface area contributed by atoms with Crippen molar-refractivity contribution in [2.45, 2.75) is 25.8 Å². The van der Waals surface area contributed by atoms with Crippen molar-refractivity contribution < 1.29 is 13.9 Å². The molecule has 148 valence electrons. The molecule has 0 saturated carbocycles. The van der Waals surface area contributed by atoms with Crippen LogP contribution >= 0.6 is 0 Å². The summed E-state index contributed by atoms with van der Waals surface area (Å²) in [6.45, 7) is 4.72. The third kappa shape index (κ3) is 4.17. The molecule has 2 aliphatic heterocycles. The predicted molar refractivity (Wildman–Crippen MR) is 104 cm³/mol. The van der Waals surface area contributed by atoms with Gasteiger partial charge in [0, 0.05) is 25.8 Å². The second-order valence-corrected chi connectivity index (χ2v) is 7.76. The van der Waals surface area contributed by atoms with Gasteiger partial charge in [-0.15, -0.1) is 0 Å². The first-order chi connectivity index (χ1) is 13.6. The van der Waals surface area contributed by atoms with E-state index in [-0.39, 0.29) is 17.1 Å². The van der Waals surface area contributed by atoms with Crippen LogP contribution in [0, 0.1) is 11.2 Å². The van der Waals surface area contributed by atoms with Crippen molar-refractivity contribution in [2.24, 2.45) is 5.41 Å². The Morgan fingerprint density at radius 1 is 1.11 bits per heavy atom. The van der Waals surface area contributed by atoms with Crippen molar-refractivity contribution in [3.8, 4) is 5.75 Å². The van der Waals surface area contributed by atoms with Gasteiger partial charge in [0.25, 0.3) is 0 Å². The molecule has 1 aromatic heterocycles. The lowest BCUT2D eigenvalue weighted by atomic mass is 9.85. The first-order valence-corrected chi connectivity index (χ1v) is 9.95. The van der Waals surface area contributed by atoms with Crippen molar-refractivity contribution in [3.63, 3.8) is 0 Å². The summed E-state index contributed by atoms with van der Waals surface area (Å²) in [4.78, 5) is 21.7. The highest BCUT2D eigenvalue weighted by Gasteiger charge is 2.50. The number of likely N-dealkylation sites (tertiary alicyclic amines) is 2. The van der Waals surface area contributed by atoms with Gasteiger partial charge in [-0.2, -0.15) is 0 Å². The monoisotopic (exact) mass is 383 g/mol. The molecular weight excluding hydrogens is 357 g/mol. The van der Waals surface area contributed by atoms with Crippen LogP contribution in [0.25, 0.3) is 0 Å². The molecule has 28 heavy (non-hydrogen) atoms. The molecule has 1 amide bonds. The summed E-state index contributed by atoms with van der Waals surface area (Å²) in [6.07, 6.45) is 4.53. The summed E-state index contributed by atoms with van der Waals surface area (Å²) < 4.78 is 18.6. The molecule has 5 nitrogen and oxygen atoms in total. The van der Waals surface area contributed by atoms with E-state index in [1.165, 1.54) is 12.1 Å². The fraction of sp³-hybridized carbons (Fsp3) is 0.455. The van der Waals surface area contributed by atoms with E-state index < -0.39 is 0 Å². The number of benzene rings is 1. The molecule has 0 aliphatic carbocycles. The van der Waals surface area contributed by atoms with Crippen LogP contribution in [0.3, 0.4) is 0 Å². The number of carbonyl (C=O) groups is 1. The molecule has 0 N–H and O–H groups in total. The van der Waals surface area contributed by atoms with Crippen LogP contribution in [0.4, 0.5) is 4.39 Å². The van der Waals surface area contributed by atoms with E-state index in [1.54, 1.807) is 18.3 Å². The van der Waals surface area contributed by atoms with Crippen LogP contribution in [0.5, 0.6) is 5.75 Å². The second kappa shape index (κ2) is 8.27. The zero-order valence-electron chi connectivity index (χ0n) is 16.0. The molecule has 2 aliphatic rings. The highest BCUT2D eigenvalue weighted by molar-refractivity contribution is 5.85. The Bertz CT molecular complexity index is 799. The fourth-order valence-electron chi connectivity index (χ4n) is 4.27. The summed E-state index contributed by atoms with van der Waals surface area (Å²) in [6, 6.07) is 11.9. The van der Waals surface area contributed by atoms with E-state index in [9.17, 15) is 9.18 Å². The highest BCUT2D eigenvalue weighted by Crippen LogP contribution is 2.41. The van der Waals surface area contributed by atoms with Gasteiger partial charge in [0.05, 0.1) is 24.3 Å². The molecule has 4 rings (SSSR count). The molecule has 2 fully saturated rings. The molecule has 1 unspecified atom stereocenters. The van der Waals surface area contributed by atoms with E-state index in [1.807, 2.05) is 23.1 Å². The first kappa shape index (κ1) is 18.9. The van der Waals surface area contributed by atoms with Crippen molar-refractivity contribution >= 4 is 5.91 Å². The summed E-state index contributed by atoms with van der Waals surface area (Å²) in [5, 5.41) is 0. The Labute approximate surface area is 165 Å². The summed E-state index contributed by atoms with van der Waals surface area (Å²) in [5.41, 5.74) is 0.729. The van der Waals surface area contributed by atoms with Gasteiger partial charge in [-0.1, -0.05) is 6.07 Å². The molecule has 0 bridgehead atoms. The van der Waals surface area contributed by atoms with E-state index in [2.05, 4.69) is 9.88 Å². The highest BCUT2D eigenvalue weighted by atomic mass is 19.1. The minimum Gasteiger partial charge on any atom is -0.494 e. The fourth-order valence-corrected chi connectivity index (χ4v) is 4.27. The number of carbonyl (C=O) groups excluding carboxylic acids is 1. The maximum Gasteiger partial charge on any atom is 0.230 e. The van der Waals surface area contributed by atoms with Crippen molar-refractivity contribution in [3.05, 3.63) is 60.2 Å². The maximum absolute atomic E-state index is 13.0. The topological polar surface area (TPSA) is 45.7 Å². The predicted octanol–water partition coefficient (Wildman–Crippen LogP) is 3.11. The molecule has 2 saturated heterocycles. The lowest BCUT2D eigenvalue weighted by Gasteiger charge is -2.23. The Balaban J connectivity index is 1.23. The number of rotatable bonds is 7. The Kier molecular flexibility index (Phi) is 5.57. The zero-order valence-corrected chi connectivity index (χ0v) is 16.0. The normalized spacial score (nSPS) is 22.3. The van der Waals surface area contributed by atoms with Gasteiger partial charge >= 0.3 is 0 Å². The van der Waals surface area contributed by atoms with Gasteiger partial charge < -0.3 is 14.5 Å². The van der Waals surface area contributed by atoms with Gasteiger partial charge in [-0.3, -0.25) is 9.78 Å². The number of hydrogen-bond acceptors (Lipinski definition) is 4. The SMILES string of the molecule is O=C1N(Cc2ccccn2)CCC12CCN(CCCOc1ccc(F)cc1)C2. The van der Waals surface area contributed by atoms with Crippen LogP contribution in [0.1, 0.15) is 25.0 Å².